The molecule has 0 unspecified atom stereocenters. The van der Waals surface area contributed by atoms with Crippen LogP contribution in [0.25, 0.3) is 17.1 Å². The summed E-state index contributed by atoms with van der Waals surface area (Å²) < 4.78 is 12.6. The second-order valence-corrected chi connectivity index (χ2v) is 23.7. The summed E-state index contributed by atoms with van der Waals surface area (Å²) in [4.78, 5) is 112. The number of rotatable bonds is 29. The highest BCUT2D eigenvalue weighted by Gasteiger charge is 2.50. The van der Waals surface area contributed by atoms with Crippen LogP contribution < -0.4 is 26.6 Å². The van der Waals surface area contributed by atoms with E-state index in [1.54, 1.807) is 49.1 Å². The van der Waals surface area contributed by atoms with E-state index in [0.29, 0.717) is 62.1 Å². The van der Waals surface area contributed by atoms with Gasteiger partial charge in [-0.25, -0.2) is 4.79 Å². The second kappa shape index (κ2) is 30.1. The topological polar surface area (TPSA) is 293 Å². The van der Waals surface area contributed by atoms with Crippen molar-refractivity contribution in [1.82, 2.24) is 46.2 Å². The largest absolute Gasteiger partial charge is 0.508 e. The number of Topliss-reactive ketones (excluding diaryl/α,β-unsaturated/α-hetero) is 2. The van der Waals surface area contributed by atoms with Gasteiger partial charge in [-0.2, -0.15) is 0 Å². The molecule has 3 heterocycles. The van der Waals surface area contributed by atoms with Crippen LogP contribution in [0.2, 0.25) is 0 Å². The van der Waals surface area contributed by atoms with Crippen molar-refractivity contribution in [2.45, 2.75) is 149 Å². The van der Waals surface area contributed by atoms with E-state index < -0.39 is 65.5 Å². The number of nitrogens with one attached hydrogen (secondary N) is 5. The van der Waals surface area contributed by atoms with E-state index in [1.807, 2.05) is 102 Å². The number of phenols is 2. The maximum Gasteiger partial charge on any atom is 0.407 e. The van der Waals surface area contributed by atoms with Crippen molar-refractivity contribution < 1.29 is 58.0 Å². The number of aryl methyl sites for hydroxylation is 1. The number of aromatic nitrogens is 3. The predicted octanol–water partition coefficient (Wildman–Crippen LogP) is 7.30. The molecule has 2 aliphatic rings. The Morgan fingerprint density at radius 1 is 0.721 bits per heavy atom. The molecule has 460 valence electrons. The van der Waals surface area contributed by atoms with Crippen molar-refractivity contribution in [2.75, 3.05) is 32.8 Å². The van der Waals surface area contributed by atoms with Crippen LogP contribution >= 0.6 is 0 Å². The average molecular weight is 1180 g/mol. The van der Waals surface area contributed by atoms with Gasteiger partial charge in [0.1, 0.15) is 41.1 Å². The minimum atomic E-state index is -1.10. The van der Waals surface area contributed by atoms with Gasteiger partial charge in [0.05, 0.1) is 18.2 Å². The van der Waals surface area contributed by atoms with Crippen molar-refractivity contribution in [3.8, 4) is 28.6 Å². The molecular weight excluding hydrogens is 1100 g/mol. The monoisotopic (exact) mass is 1180 g/mol. The Hall–Kier alpha value is -8.46. The number of alkyl carbamates (subject to hydrolysis) is 1. The number of amides is 6. The Labute approximate surface area is 502 Å². The molecule has 4 aromatic carbocycles. The number of ether oxygens (including phenoxy) is 2. The van der Waals surface area contributed by atoms with Gasteiger partial charge in [0.2, 0.25) is 23.5 Å². The van der Waals surface area contributed by atoms with Crippen molar-refractivity contribution in [1.29, 1.82) is 0 Å². The summed E-state index contributed by atoms with van der Waals surface area (Å²) in [6.45, 7) is 16.1. The van der Waals surface area contributed by atoms with Crippen molar-refractivity contribution >= 4 is 47.2 Å². The number of carbonyl (C=O) groups excluding carboxylic acids is 8. The number of nitrogens with zero attached hydrogens (tertiary/aromatic N) is 4. The molecule has 0 saturated carbocycles. The Kier molecular flexibility index (Phi) is 22.8. The Bertz CT molecular complexity index is 3170. The molecule has 21 nitrogen and oxygen atoms in total. The number of likely N-dealkylation sites (tertiary alicyclic amines) is 1. The summed E-state index contributed by atoms with van der Waals surface area (Å²) in [6.07, 6.45) is 0.666. The molecule has 2 fully saturated rings. The van der Waals surface area contributed by atoms with E-state index >= 15 is 0 Å². The van der Waals surface area contributed by atoms with Crippen LogP contribution in [0.5, 0.6) is 11.5 Å². The Morgan fingerprint density at radius 3 is 1.92 bits per heavy atom. The fourth-order valence-electron chi connectivity index (χ4n) is 10.5. The zero-order valence-electron chi connectivity index (χ0n) is 50.5. The molecule has 21 heteroatoms. The fraction of sp³-hybridized carbons (Fsp3) is 0.477. The minimum Gasteiger partial charge on any atom is -0.508 e. The number of phenolic OH excluding ortho intramolecular Hbond substituents is 2. The number of hydrogen-bond acceptors (Lipinski definition) is 14. The van der Waals surface area contributed by atoms with E-state index in [0.717, 1.165) is 11.1 Å². The molecule has 7 N–H and O–H groups in total. The maximum atomic E-state index is 14.4. The summed E-state index contributed by atoms with van der Waals surface area (Å²) in [6, 6.07) is 25.0. The second-order valence-electron chi connectivity index (χ2n) is 23.7. The lowest BCUT2D eigenvalue weighted by Gasteiger charge is -2.31. The first kappa shape index (κ1) is 65.1. The van der Waals surface area contributed by atoms with Crippen LogP contribution in [-0.2, 0) is 46.3 Å². The van der Waals surface area contributed by atoms with Crippen LogP contribution in [0.4, 0.5) is 4.79 Å². The molecule has 0 spiro atoms. The zero-order chi connectivity index (χ0) is 62.2. The first-order valence-electron chi connectivity index (χ1n) is 29.9. The molecule has 6 amide bonds. The van der Waals surface area contributed by atoms with Crippen molar-refractivity contribution in [2.24, 2.45) is 17.8 Å². The molecule has 7 rings (SSSR count). The van der Waals surface area contributed by atoms with Crippen LogP contribution in [0, 0.1) is 17.8 Å². The third-order valence-electron chi connectivity index (χ3n) is 15.4. The van der Waals surface area contributed by atoms with Crippen LogP contribution in [0.1, 0.15) is 144 Å². The number of hydrogen-bond donors (Lipinski definition) is 7. The van der Waals surface area contributed by atoms with Gasteiger partial charge in [0.15, 0.2) is 11.6 Å². The lowest BCUT2D eigenvalue weighted by atomic mass is 9.92. The Morgan fingerprint density at radius 2 is 1.31 bits per heavy atom. The number of aromatic hydroxyl groups is 2. The van der Waals surface area contributed by atoms with E-state index in [2.05, 4.69) is 36.8 Å². The molecule has 2 saturated heterocycles. The van der Waals surface area contributed by atoms with Gasteiger partial charge in [-0.15, -0.1) is 10.2 Å². The highest BCUT2D eigenvalue weighted by Crippen LogP contribution is 2.38. The number of ketones is 2. The molecule has 0 aliphatic carbocycles. The number of piperidine rings is 1. The molecule has 5 aromatic rings. The molecule has 2 aliphatic heterocycles. The fourth-order valence-corrected chi connectivity index (χ4v) is 10.5. The Balaban J connectivity index is 0.934. The third kappa shape index (κ3) is 17.8. The molecule has 1 aromatic heterocycles. The molecular formula is C65H83N9O12. The highest BCUT2D eigenvalue weighted by molar-refractivity contribution is 5.99. The average Bonchev–Trinajstić information content (AvgIpc) is 2.20. The number of carbonyl (C=O) groups is 8. The van der Waals surface area contributed by atoms with Crippen molar-refractivity contribution in [3.63, 3.8) is 0 Å². The lowest BCUT2D eigenvalue weighted by Crippen LogP contribution is -2.58. The quantitative estimate of drug-likeness (QED) is 0.0231. The van der Waals surface area contributed by atoms with Crippen LogP contribution in [0.3, 0.4) is 0 Å². The zero-order valence-corrected chi connectivity index (χ0v) is 50.5. The van der Waals surface area contributed by atoms with E-state index in [-0.39, 0.29) is 109 Å². The van der Waals surface area contributed by atoms with Gasteiger partial charge in [0, 0.05) is 81.5 Å². The highest BCUT2D eigenvalue weighted by atomic mass is 16.6. The van der Waals surface area contributed by atoms with Gasteiger partial charge in [-0.3, -0.25) is 38.1 Å². The van der Waals surface area contributed by atoms with E-state index in [4.69, 9.17) is 9.47 Å². The summed E-state index contributed by atoms with van der Waals surface area (Å²) in [5.74, 6) is -4.11. The lowest BCUT2D eigenvalue weighted by molar-refractivity contribution is -0.135. The first-order chi connectivity index (χ1) is 41.0. The van der Waals surface area contributed by atoms with E-state index in [9.17, 15) is 48.6 Å². The van der Waals surface area contributed by atoms with Gasteiger partial charge in [-0.1, -0.05) is 102 Å². The van der Waals surface area contributed by atoms with Crippen molar-refractivity contribution in [3.05, 3.63) is 125 Å². The smallest absolute Gasteiger partial charge is 0.407 e. The normalized spacial score (nSPS) is 16.4. The molecule has 5 atom stereocenters. The predicted molar refractivity (Wildman–Crippen MR) is 322 cm³/mol. The third-order valence-corrected chi connectivity index (χ3v) is 15.4. The summed E-state index contributed by atoms with van der Waals surface area (Å²) in [7, 11) is 0. The SMILES string of the molecule is CCNC(=O)c1nnc(-c2cc(C(C)C)c(O)cc2O)n1-c1ccc(C(=O)N2CCC(OC(=O)NCCC(=O)C[C@@H](CCc3ccccc3)C(=O)N[C@@H](CC(C)C)C(=O)N[C@@H](Cc3ccccc3)C(=O)N[C@@H](CC(C)C)C(=O)[C@@]3(C)CO3)CC2)cc1. The minimum absolute atomic E-state index is 0.0483. The van der Waals surface area contributed by atoms with Crippen LogP contribution in [0.15, 0.2) is 97.1 Å². The summed E-state index contributed by atoms with van der Waals surface area (Å²) in [5, 5.41) is 44.0. The number of epoxide rings is 1. The van der Waals surface area contributed by atoms with Gasteiger partial charge >= 0.3 is 6.09 Å². The van der Waals surface area contributed by atoms with Gasteiger partial charge in [-0.05, 0) is 104 Å². The first-order valence-corrected chi connectivity index (χ1v) is 29.9. The molecule has 0 bridgehead atoms. The van der Waals surface area contributed by atoms with Crippen LogP contribution in [-0.4, -0.2) is 140 Å². The van der Waals surface area contributed by atoms with Gasteiger partial charge < -0.3 is 51.2 Å². The number of benzene rings is 4. The van der Waals surface area contributed by atoms with Gasteiger partial charge in [0.25, 0.3) is 11.8 Å². The molecule has 86 heavy (non-hydrogen) atoms. The standard InChI is InChI=1S/C65H83N9O12/c1-9-66-62(82)58-72-71-57(50-36-49(41(6)7)54(76)37-55(50)77)74(58)46-24-22-44(23-25-46)63(83)73-30-27-48(28-31-73)86-64(84)67-29-26-47(75)35-45(21-20-42-16-12-10-13-17-42)59(79)69-52(33-40(4)5)60(80)70-53(34-43-18-14-11-15-19-43)61(81)68-51(32-39(2)3)56(78)65(8)38-85-65/h10-19,22-25,36-37,39-41,45,48,51-53,76-77H,9,20-21,26-35,38H2,1-8H3,(H,66,82)(H,67,84)(H,68,81)(H,69,79)(H,70,80)/t45-,51+,52+,53+,65-/m1/s1. The van der Waals surface area contributed by atoms with E-state index in [1.165, 1.54) is 10.6 Å². The summed E-state index contributed by atoms with van der Waals surface area (Å²) in [5.41, 5.74) is 2.36. The maximum absolute atomic E-state index is 14.4. The summed E-state index contributed by atoms with van der Waals surface area (Å²) >= 11 is 0. The molecule has 0 radical (unpaired) electrons.